The standard InChI is InChI=1S/C19H17FN6/c1-12(2)16-10-17(22-15-8-4-3-7-14(15)20)26-19(23-16)24-18(25-26)13-6-5-9-21-11-13/h3-12,22H,1-2H3. The van der Waals surface area contributed by atoms with Gasteiger partial charge in [0.1, 0.15) is 11.6 Å². The fraction of sp³-hybridized carbons (Fsp3) is 0.158. The van der Waals surface area contributed by atoms with Gasteiger partial charge < -0.3 is 5.32 Å². The average molecular weight is 348 g/mol. The van der Waals surface area contributed by atoms with Crippen molar-refractivity contribution in [2.24, 2.45) is 0 Å². The summed E-state index contributed by atoms with van der Waals surface area (Å²) in [5, 5.41) is 7.63. The molecule has 0 radical (unpaired) electrons. The molecule has 0 spiro atoms. The highest BCUT2D eigenvalue weighted by Gasteiger charge is 2.15. The highest BCUT2D eigenvalue weighted by molar-refractivity contribution is 5.62. The zero-order valence-corrected chi connectivity index (χ0v) is 14.4. The van der Waals surface area contributed by atoms with Crippen LogP contribution in [0.3, 0.4) is 0 Å². The van der Waals surface area contributed by atoms with Gasteiger partial charge >= 0.3 is 0 Å². The first-order chi connectivity index (χ1) is 12.6. The highest BCUT2D eigenvalue weighted by Crippen LogP contribution is 2.24. The van der Waals surface area contributed by atoms with Gasteiger partial charge in [-0.25, -0.2) is 9.37 Å². The Kier molecular flexibility index (Phi) is 4.04. The molecule has 0 aliphatic rings. The number of fused-ring (bicyclic) bond motifs is 1. The maximum atomic E-state index is 14.1. The van der Waals surface area contributed by atoms with Crippen LogP contribution >= 0.6 is 0 Å². The van der Waals surface area contributed by atoms with Crippen molar-refractivity contribution in [3.63, 3.8) is 0 Å². The molecule has 0 saturated heterocycles. The predicted molar refractivity (Wildman–Crippen MR) is 97.8 cm³/mol. The summed E-state index contributed by atoms with van der Waals surface area (Å²) in [5.41, 5.74) is 2.01. The van der Waals surface area contributed by atoms with Crippen LogP contribution < -0.4 is 5.32 Å². The van der Waals surface area contributed by atoms with Crippen LogP contribution in [0.4, 0.5) is 15.9 Å². The molecule has 0 atom stereocenters. The first-order valence-corrected chi connectivity index (χ1v) is 8.31. The maximum Gasteiger partial charge on any atom is 0.254 e. The van der Waals surface area contributed by atoms with Crippen molar-refractivity contribution < 1.29 is 4.39 Å². The molecule has 130 valence electrons. The Balaban J connectivity index is 1.87. The molecule has 7 heteroatoms. The minimum atomic E-state index is -0.337. The van der Waals surface area contributed by atoms with Crippen molar-refractivity contribution >= 4 is 17.3 Å². The van der Waals surface area contributed by atoms with Crippen molar-refractivity contribution in [3.8, 4) is 11.4 Å². The quantitative estimate of drug-likeness (QED) is 0.599. The Morgan fingerprint density at radius 3 is 2.65 bits per heavy atom. The number of nitrogens with zero attached hydrogens (tertiary/aromatic N) is 5. The Morgan fingerprint density at radius 1 is 1.08 bits per heavy atom. The van der Waals surface area contributed by atoms with E-state index in [1.165, 1.54) is 6.07 Å². The lowest BCUT2D eigenvalue weighted by Crippen LogP contribution is -2.06. The van der Waals surface area contributed by atoms with Crippen molar-refractivity contribution in [2.75, 3.05) is 5.32 Å². The lowest BCUT2D eigenvalue weighted by Gasteiger charge is -2.11. The fourth-order valence-electron chi connectivity index (χ4n) is 2.59. The number of hydrogen-bond acceptors (Lipinski definition) is 5. The second-order valence-electron chi connectivity index (χ2n) is 6.21. The number of benzene rings is 1. The number of aromatic nitrogens is 5. The number of rotatable bonds is 4. The third kappa shape index (κ3) is 2.99. The number of para-hydroxylation sites is 1. The molecular weight excluding hydrogens is 331 g/mol. The van der Waals surface area contributed by atoms with Crippen LogP contribution in [0.25, 0.3) is 17.2 Å². The minimum Gasteiger partial charge on any atom is -0.338 e. The molecule has 4 rings (SSSR count). The van der Waals surface area contributed by atoms with E-state index in [-0.39, 0.29) is 11.7 Å². The third-order valence-corrected chi connectivity index (χ3v) is 3.98. The number of hydrogen-bond donors (Lipinski definition) is 1. The summed E-state index contributed by atoms with van der Waals surface area (Å²) in [4.78, 5) is 13.2. The van der Waals surface area contributed by atoms with Crippen LogP contribution in [0, 0.1) is 5.82 Å². The van der Waals surface area contributed by atoms with Crippen LogP contribution in [-0.2, 0) is 0 Å². The Morgan fingerprint density at radius 2 is 1.92 bits per heavy atom. The lowest BCUT2D eigenvalue weighted by molar-refractivity contribution is 0.631. The van der Waals surface area contributed by atoms with Crippen LogP contribution in [0.15, 0.2) is 54.9 Å². The summed E-state index contributed by atoms with van der Waals surface area (Å²) in [6.45, 7) is 4.09. The number of anilines is 2. The van der Waals surface area contributed by atoms with Gasteiger partial charge in [-0.1, -0.05) is 26.0 Å². The minimum absolute atomic E-state index is 0.194. The molecule has 0 saturated carbocycles. The van der Waals surface area contributed by atoms with Crippen molar-refractivity contribution in [1.29, 1.82) is 0 Å². The Bertz CT molecular complexity index is 1060. The van der Waals surface area contributed by atoms with Gasteiger partial charge in [0.15, 0.2) is 5.82 Å². The molecule has 3 heterocycles. The maximum absolute atomic E-state index is 14.1. The molecule has 1 N–H and O–H groups in total. The Hall–Kier alpha value is -3.35. The van der Waals surface area contributed by atoms with E-state index in [4.69, 9.17) is 0 Å². The van der Waals surface area contributed by atoms with E-state index < -0.39 is 0 Å². The summed E-state index contributed by atoms with van der Waals surface area (Å²) in [5.74, 6) is 1.43. The Labute approximate surface area is 149 Å². The van der Waals surface area contributed by atoms with Crippen LogP contribution in [0.5, 0.6) is 0 Å². The SMILES string of the molecule is CC(C)c1cc(Nc2ccccc2F)n2nc(-c3cccnc3)nc2n1. The molecule has 6 nitrogen and oxygen atoms in total. The van der Waals surface area contributed by atoms with Gasteiger partial charge in [0.05, 0.1) is 11.4 Å². The summed E-state index contributed by atoms with van der Waals surface area (Å²) in [7, 11) is 0. The van der Waals surface area contributed by atoms with Crippen LogP contribution in [0.2, 0.25) is 0 Å². The first kappa shape index (κ1) is 16.1. The molecule has 0 fully saturated rings. The van der Waals surface area contributed by atoms with Gasteiger partial charge in [-0.2, -0.15) is 9.50 Å². The molecule has 0 aliphatic carbocycles. The second kappa shape index (κ2) is 6.51. The molecule has 4 aromatic rings. The van der Waals surface area contributed by atoms with E-state index in [0.29, 0.717) is 23.1 Å². The van der Waals surface area contributed by atoms with Gasteiger partial charge in [-0.05, 0) is 30.2 Å². The topological polar surface area (TPSA) is 68.0 Å². The zero-order valence-electron chi connectivity index (χ0n) is 14.4. The summed E-state index contributed by atoms with van der Waals surface area (Å²) in [6.07, 6.45) is 3.39. The van der Waals surface area contributed by atoms with E-state index >= 15 is 0 Å². The number of pyridine rings is 1. The number of halogens is 1. The summed E-state index contributed by atoms with van der Waals surface area (Å²) >= 11 is 0. The van der Waals surface area contributed by atoms with Crippen molar-refractivity contribution in [2.45, 2.75) is 19.8 Å². The first-order valence-electron chi connectivity index (χ1n) is 8.31. The number of nitrogens with one attached hydrogen (secondary N) is 1. The van der Waals surface area contributed by atoms with Gasteiger partial charge in [0, 0.05) is 24.0 Å². The molecule has 1 aromatic carbocycles. The normalized spacial score (nSPS) is 11.2. The van der Waals surface area contributed by atoms with Gasteiger partial charge in [-0.3, -0.25) is 4.98 Å². The molecule has 0 bridgehead atoms. The zero-order chi connectivity index (χ0) is 18.1. The van der Waals surface area contributed by atoms with Gasteiger partial charge in [0.2, 0.25) is 0 Å². The second-order valence-corrected chi connectivity index (χ2v) is 6.21. The highest BCUT2D eigenvalue weighted by atomic mass is 19.1. The van der Waals surface area contributed by atoms with Crippen LogP contribution in [0.1, 0.15) is 25.5 Å². The van der Waals surface area contributed by atoms with Crippen molar-refractivity contribution in [3.05, 3.63) is 66.4 Å². The largest absolute Gasteiger partial charge is 0.338 e. The van der Waals surface area contributed by atoms with E-state index in [2.05, 4.69) is 25.4 Å². The summed E-state index contributed by atoms with van der Waals surface area (Å²) < 4.78 is 15.7. The van der Waals surface area contributed by atoms with E-state index in [1.54, 1.807) is 35.1 Å². The third-order valence-electron chi connectivity index (χ3n) is 3.98. The summed E-state index contributed by atoms with van der Waals surface area (Å²) in [6, 6.07) is 12.1. The fourth-order valence-corrected chi connectivity index (χ4v) is 2.59. The molecule has 3 aromatic heterocycles. The lowest BCUT2D eigenvalue weighted by atomic mass is 10.1. The van der Waals surface area contributed by atoms with E-state index in [0.717, 1.165) is 11.3 Å². The van der Waals surface area contributed by atoms with Gasteiger partial charge in [0.25, 0.3) is 5.78 Å². The monoisotopic (exact) mass is 348 g/mol. The average Bonchev–Trinajstić information content (AvgIpc) is 3.09. The van der Waals surface area contributed by atoms with E-state index in [1.807, 2.05) is 32.0 Å². The smallest absolute Gasteiger partial charge is 0.254 e. The molecular formula is C19H17FN6. The molecule has 26 heavy (non-hydrogen) atoms. The van der Waals surface area contributed by atoms with Gasteiger partial charge in [-0.15, -0.1) is 5.10 Å². The molecule has 0 amide bonds. The molecule has 0 aliphatic heterocycles. The van der Waals surface area contributed by atoms with Crippen molar-refractivity contribution in [1.82, 2.24) is 24.6 Å². The van der Waals surface area contributed by atoms with Crippen LogP contribution in [-0.4, -0.2) is 24.6 Å². The van der Waals surface area contributed by atoms with E-state index in [9.17, 15) is 4.39 Å². The molecule has 0 unspecified atom stereocenters. The predicted octanol–water partition coefficient (Wildman–Crippen LogP) is 4.19.